The quantitative estimate of drug-likeness (QED) is 0.826. The topological polar surface area (TPSA) is 81.5 Å². The maximum absolute atomic E-state index is 8.77. The van der Waals surface area contributed by atoms with Crippen LogP contribution in [0.3, 0.4) is 0 Å². The lowest BCUT2D eigenvalue weighted by atomic mass is 10.2. The van der Waals surface area contributed by atoms with Crippen LogP contribution in [0.2, 0.25) is 0 Å². The highest BCUT2D eigenvalue weighted by Crippen LogP contribution is 2.18. The molecule has 2 rings (SSSR count). The molecule has 1 unspecified atom stereocenters. The van der Waals surface area contributed by atoms with E-state index >= 15 is 0 Å². The Morgan fingerprint density at radius 1 is 1.50 bits per heavy atom. The van der Waals surface area contributed by atoms with Crippen LogP contribution in [-0.4, -0.2) is 33.5 Å². The van der Waals surface area contributed by atoms with Gasteiger partial charge in [0.25, 0.3) is 0 Å². The summed E-state index contributed by atoms with van der Waals surface area (Å²) < 4.78 is 0. The molecule has 16 heavy (non-hydrogen) atoms. The van der Waals surface area contributed by atoms with Gasteiger partial charge in [0.15, 0.2) is 11.5 Å². The standard InChI is InChI=1S/C10H12N6/c1-7(3-11)4-16(2)10-8-9(13-5-12-8)14-6-15-10/h5-7H,4H2,1-2H3,(H,12,13,14,15). The van der Waals surface area contributed by atoms with Crippen LogP contribution in [0.25, 0.3) is 11.2 Å². The number of anilines is 1. The van der Waals surface area contributed by atoms with Gasteiger partial charge in [-0.1, -0.05) is 0 Å². The lowest BCUT2D eigenvalue weighted by Gasteiger charge is -2.19. The Kier molecular flexibility index (Phi) is 2.68. The molecule has 2 aromatic heterocycles. The molecule has 0 aromatic carbocycles. The molecular weight excluding hydrogens is 204 g/mol. The first-order valence-electron chi connectivity index (χ1n) is 4.97. The van der Waals surface area contributed by atoms with E-state index in [2.05, 4.69) is 26.0 Å². The van der Waals surface area contributed by atoms with Crippen molar-refractivity contribution in [3.8, 4) is 6.07 Å². The van der Waals surface area contributed by atoms with Crippen molar-refractivity contribution >= 4 is 17.0 Å². The second-order valence-electron chi connectivity index (χ2n) is 3.71. The summed E-state index contributed by atoms with van der Waals surface area (Å²) in [6, 6.07) is 2.20. The maximum atomic E-state index is 8.77. The number of nitrogens with zero attached hydrogens (tertiary/aromatic N) is 5. The van der Waals surface area contributed by atoms with Crippen LogP contribution in [0.5, 0.6) is 0 Å². The van der Waals surface area contributed by atoms with Crippen LogP contribution in [0, 0.1) is 17.2 Å². The number of aromatic nitrogens is 4. The first-order valence-corrected chi connectivity index (χ1v) is 4.97. The van der Waals surface area contributed by atoms with Crippen molar-refractivity contribution in [1.82, 2.24) is 19.9 Å². The average molecular weight is 216 g/mol. The van der Waals surface area contributed by atoms with Crippen molar-refractivity contribution in [2.24, 2.45) is 5.92 Å². The molecule has 0 aliphatic carbocycles. The van der Waals surface area contributed by atoms with E-state index in [1.165, 1.54) is 6.33 Å². The number of fused-ring (bicyclic) bond motifs is 1. The molecule has 0 bridgehead atoms. The summed E-state index contributed by atoms with van der Waals surface area (Å²) in [6.45, 7) is 2.50. The minimum Gasteiger partial charge on any atom is -0.356 e. The number of nitrogens with one attached hydrogen (secondary N) is 1. The van der Waals surface area contributed by atoms with E-state index in [1.807, 2.05) is 18.9 Å². The molecule has 0 saturated carbocycles. The SMILES string of the molecule is CC(C#N)CN(C)c1ncnc2nc[nH]c12. The molecule has 2 aromatic rings. The van der Waals surface area contributed by atoms with Crippen LogP contribution in [-0.2, 0) is 0 Å². The fraction of sp³-hybridized carbons (Fsp3) is 0.400. The Hall–Kier alpha value is -2.16. The van der Waals surface area contributed by atoms with Gasteiger partial charge in [0.2, 0.25) is 0 Å². The van der Waals surface area contributed by atoms with E-state index in [4.69, 9.17) is 5.26 Å². The van der Waals surface area contributed by atoms with Gasteiger partial charge in [-0.25, -0.2) is 15.0 Å². The molecule has 0 radical (unpaired) electrons. The first kappa shape index (κ1) is 10.4. The summed E-state index contributed by atoms with van der Waals surface area (Å²) in [5.41, 5.74) is 1.44. The second kappa shape index (κ2) is 4.14. The summed E-state index contributed by atoms with van der Waals surface area (Å²) in [6.07, 6.45) is 3.07. The van der Waals surface area contributed by atoms with E-state index in [0.29, 0.717) is 12.2 Å². The number of hydrogen-bond donors (Lipinski definition) is 1. The monoisotopic (exact) mass is 216 g/mol. The number of H-pyrrole nitrogens is 1. The van der Waals surface area contributed by atoms with Crippen molar-refractivity contribution in [2.45, 2.75) is 6.92 Å². The molecule has 0 fully saturated rings. The minimum absolute atomic E-state index is 0.0436. The van der Waals surface area contributed by atoms with Gasteiger partial charge in [0.05, 0.1) is 18.3 Å². The fourth-order valence-corrected chi connectivity index (χ4v) is 1.58. The molecule has 2 heterocycles. The average Bonchev–Trinajstić information content (AvgIpc) is 2.76. The summed E-state index contributed by atoms with van der Waals surface area (Å²) in [5, 5.41) is 8.77. The molecule has 82 valence electrons. The highest BCUT2D eigenvalue weighted by Gasteiger charge is 2.12. The minimum atomic E-state index is -0.0436. The van der Waals surface area contributed by atoms with Gasteiger partial charge in [-0.2, -0.15) is 5.26 Å². The van der Waals surface area contributed by atoms with Crippen molar-refractivity contribution in [1.29, 1.82) is 5.26 Å². The van der Waals surface area contributed by atoms with Gasteiger partial charge in [0, 0.05) is 13.6 Å². The maximum Gasteiger partial charge on any atom is 0.182 e. The third kappa shape index (κ3) is 1.80. The number of rotatable bonds is 3. The van der Waals surface area contributed by atoms with Crippen LogP contribution in [0.15, 0.2) is 12.7 Å². The number of hydrogen-bond acceptors (Lipinski definition) is 5. The summed E-state index contributed by atoms with van der Waals surface area (Å²) >= 11 is 0. The number of imidazole rings is 1. The normalized spacial score (nSPS) is 12.3. The molecule has 6 nitrogen and oxygen atoms in total. The van der Waals surface area contributed by atoms with Crippen LogP contribution in [0.1, 0.15) is 6.92 Å². The van der Waals surface area contributed by atoms with Gasteiger partial charge in [-0.15, -0.1) is 0 Å². The molecule has 6 heteroatoms. The van der Waals surface area contributed by atoms with Crippen molar-refractivity contribution in [2.75, 3.05) is 18.5 Å². The molecule has 1 atom stereocenters. The zero-order valence-electron chi connectivity index (χ0n) is 9.18. The molecule has 0 aliphatic heterocycles. The Morgan fingerprint density at radius 2 is 2.31 bits per heavy atom. The van der Waals surface area contributed by atoms with E-state index in [-0.39, 0.29) is 5.92 Å². The summed E-state index contributed by atoms with van der Waals surface area (Å²) in [4.78, 5) is 17.2. The number of aromatic amines is 1. The third-order valence-electron chi connectivity index (χ3n) is 2.33. The van der Waals surface area contributed by atoms with Gasteiger partial charge in [-0.05, 0) is 6.92 Å². The molecule has 0 spiro atoms. The highest BCUT2D eigenvalue weighted by molar-refractivity contribution is 5.82. The molecule has 1 N–H and O–H groups in total. The zero-order valence-corrected chi connectivity index (χ0v) is 9.18. The van der Waals surface area contributed by atoms with Crippen molar-refractivity contribution in [3.63, 3.8) is 0 Å². The van der Waals surface area contributed by atoms with Crippen molar-refractivity contribution in [3.05, 3.63) is 12.7 Å². The highest BCUT2D eigenvalue weighted by atomic mass is 15.2. The Labute approximate surface area is 93.0 Å². The Balaban J connectivity index is 2.32. The molecule has 0 aliphatic rings. The second-order valence-corrected chi connectivity index (χ2v) is 3.71. The largest absolute Gasteiger partial charge is 0.356 e. The van der Waals surface area contributed by atoms with E-state index in [9.17, 15) is 0 Å². The van der Waals surface area contributed by atoms with E-state index in [1.54, 1.807) is 6.33 Å². The zero-order chi connectivity index (χ0) is 11.5. The van der Waals surface area contributed by atoms with Gasteiger partial charge in [-0.3, -0.25) is 0 Å². The Morgan fingerprint density at radius 3 is 3.06 bits per heavy atom. The van der Waals surface area contributed by atoms with Crippen LogP contribution in [0.4, 0.5) is 5.82 Å². The van der Waals surface area contributed by atoms with Gasteiger partial charge >= 0.3 is 0 Å². The molecule has 0 amide bonds. The van der Waals surface area contributed by atoms with E-state index < -0.39 is 0 Å². The number of nitriles is 1. The predicted molar refractivity (Wildman–Crippen MR) is 59.7 cm³/mol. The van der Waals surface area contributed by atoms with Crippen LogP contribution >= 0.6 is 0 Å². The van der Waals surface area contributed by atoms with Crippen molar-refractivity contribution < 1.29 is 0 Å². The van der Waals surface area contributed by atoms with Crippen LogP contribution < -0.4 is 4.90 Å². The van der Waals surface area contributed by atoms with Gasteiger partial charge < -0.3 is 9.88 Å². The predicted octanol–water partition coefficient (Wildman–Crippen LogP) is 0.949. The molecule has 0 saturated heterocycles. The lowest BCUT2D eigenvalue weighted by molar-refractivity contribution is 0.711. The Bertz CT molecular complexity index is 525. The lowest BCUT2D eigenvalue weighted by Crippen LogP contribution is -2.24. The smallest absolute Gasteiger partial charge is 0.182 e. The van der Waals surface area contributed by atoms with Gasteiger partial charge in [0.1, 0.15) is 11.8 Å². The third-order valence-corrected chi connectivity index (χ3v) is 2.33. The fourth-order valence-electron chi connectivity index (χ4n) is 1.58. The summed E-state index contributed by atoms with van der Waals surface area (Å²) in [5.74, 6) is 0.725. The first-order chi connectivity index (χ1) is 7.72. The summed E-state index contributed by atoms with van der Waals surface area (Å²) in [7, 11) is 1.90. The van der Waals surface area contributed by atoms with E-state index in [0.717, 1.165) is 11.3 Å². The molecular formula is C10H12N6.